The summed E-state index contributed by atoms with van der Waals surface area (Å²) in [6.45, 7) is 1.96. The highest BCUT2D eigenvalue weighted by molar-refractivity contribution is 7.99. The zero-order valence-electron chi connectivity index (χ0n) is 8.94. The quantitative estimate of drug-likeness (QED) is 0.569. The van der Waals surface area contributed by atoms with Gasteiger partial charge in [-0.2, -0.15) is 0 Å². The number of hydrogen-bond donors (Lipinski definition) is 1. The first-order valence-corrected chi connectivity index (χ1v) is 5.90. The molecule has 0 fully saturated rings. The van der Waals surface area contributed by atoms with Crippen molar-refractivity contribution in [2.45, 2.75) is 4.90 Å². The molecule has 0 aliphatic heterocycles. The minimum Gasteiger partial charge on any atom is -0.497 e. The molecule has 3 nitrogen and oxygen atoms in total. The van der Waals surface area contributed by atoms with Gasteiger partial charge in [0, 0.05) is 17.2 Å². The first kappa shape index (κ1) is 12.4. The van der Waals surface area contributed by atoms with Crippen LogP contribution in [0.3, 0.4) is 0 Å². The zero-order valence-corrected chi connectivity index (χ0v) is 9.76. The Labute approximate surface area is 94.9 Å². The minimum absolute atomic E-state index is 0.587. The predicted molar refractivity (Wildman–Crippen MR) is 63.6 cm³/mol. The van der Waals surface area contributed by atoms with Crippen LogP contribution in [0.25, 0.3) is 0 Å². The van der Waals surface area contributed by atoms with Gasteiger partial charge in [-0.25, -0.2) is 0 Å². The van der Waals surface area contributed by atoms with Crippen LogP contribution < -0.4 is 10.5 Å². The molecule has 1 aromatic carbocycles. The highest BCUT2D eigenvalue weighted by Crippen LogP contribution is 2.22. The molecule has 0 saturated carbocycles. The lowest BCUT2D eigenvalue weighted by atomic mass is 10.3. The predicted octanol–water partition coefficient (Wildman–Crippen LogP) is 1.76. The summed E-state index contributed by atoms with van der Waals surface area (Å²) in [5.74, 6) is 1.83. The molecule has 0 radical (unpaired) electrons. The van der Waals surface area contributed by atoms with E-state index in [2.05, 4.69) is 6.07 Å². The lowest BCUT2D eigenvalue weighted by molar-refractivity contribution is 0.158. The van der Waals surface area contributed by atoms with Crippen LogP contribution in [-0.2, 0) is 4.74 Å². The number of thioether (sulfide) groups is 1. The highest BCUT2D eigenvalue weighted by atomic mass is 32.2. The van der Waals surface area contributed by atoms with Gasteiger partial charge in [0.2, 0.25) is 0 Å². The Hall–Kier alpha value is -0.710. The summed E-state index contributed by atoms with van der Waals surface area (Å²) in [7, 11) is 1.67. The monoisotopic (exact) mass is 227 g/mol. The zero-order chi connectivity index (χ0) is 10.9. The second-order valence-electron chi connectivity index (χ2n) is 2.93. The maximum atomic E-state index is 5.31. The molecule has 0 atom stereocenters. The van der Waals surface area contributed by atoms with Crippen molar-refractivity contribution in [3.05, 3.63) is 24.3 Å². The summed E-state index contributed by atoms with van der Waals surface area (Å²) in [4.78, 5) is 1.20. The minimum atomic E-state index is 0.587. The van der Waals surface area contributed by atoms with Crippen molar-refractivity contribution in [3.63, 3.8) is 0 Å². The van der Waals surface area contributed by atoms with Crippen molar-refractivity contribution in [1.29, 1.82) is 0 Å². The van der Waals surface area contributed by atoms with Gasteiger partial charge in [0.15, 0.2) is 0 Å². The summed E-state index contributed by atoms with van der Waals surface area (Å²) < 4.78 is 10.4. The van der Waals surface area contributed by atoms with E-state index in [0.717, 1.165) is 18.1 Å². The van der Waals surface area contributed by atoms with Gasteiger partial charge >= 0.3 is 0 Å². The van der Waals surface area contributed by atoms with Crippen LogP contribution >= 0.6 is 11.8 Å². The molecule has 4 heteroatoms. The van der Waals surface area contributed by atoms with Crippen LogP contribution in [0.4, 0.5) is 0 Å². The summed E-state index contributed by atoms with van der Waals surface area (Å²) in [5, 5.41) is 0. The molecule has 0 spiro atoms. The van der Waals surface area contributed by atoms with E-state index in [1.165, 1.54) is 4.90 Å². The average Bonchev–Trinajstić information content (AvgIpc) is 2.29. The maximum Gasteiger partial charge on any atom is 0.119 e. The molecule has 0 aromatic heterocycles. The van der Waals surface area contributed by atoms with E-state index in [9.17, 15) is 0 Å². The number of nitrogens with two attached hydrogens (primary N) is 1. The fourth-order valence-corrected chi connectivity index (χ4v) is 1.91. The molecule has 0 saturated heterocycles. The molecular formula is C11H17NO2S. The molecule has 0 aliphatic rings. The fraction of sp³-hybridized carbons (Fsp3) is 0.455. The van der Waals surface area contributed by atoms with Crippen molar-refractivity contribution in [2.24, 2.45) is 5.73 Å². The number of methoxy groups -OCH3 is 1. The third kappa shape index (κ3) is 5.06. The Balaban J connectivity index is 2.24. The van der Waals surface area contributed by atoms with Crippen molar-refractivity contribution in [1.82, 2.24) is 0 Å². The van der Waals surface area contributed by atoms with Crippen LogP contribution in [-0.4, -0.2) is 32.6 Å². The van der Waals surface area contributed by atoms with E-state index in [0.29, 0.717) is 13.2 Å². The smallest absolute Gasteiger partial charge is 0.119 e. The number of rotatable bonds is 7. The largest absolute Gasteiger partial charge is 0.497 e. The van der Waals surface area contributed by atoms with Gasteiger partial charge < -0.3 is 15.2 Å². The van der Waals surface area contributed by atoms with Gasteiger partial charge in [0.1, 0.15) is 5.75 Å². The maximum absolute atomic E-state index is 5.31. The van der Waals surface area contributed by atoms with Gasteiger partial charge in [0.05, 0.1) is 20.3 Å². The second kappa shape index (κ2) is 7.56. The Kier molecular flexibility index (Phi) is 6.23. The molecule has 0 bridgehead atoms. The average molecular weight is 227 g/mol. The SMILES string of the molecule is COc1cccc(SCCOCCN)c1. The van der Waals surface area contributed by atoms with Crippen LogP contribution in [0.15, 0.2) is 29.2 Å². The van der Waals surface area contributed by atoms with Crippen LogP contribution in [0.1, 0.15) is 0 Å². The Morgan fingerprint density at radius 2 is 2.20 bits per heavy atom. The van der Waals surface area contributed by atoms with E-state index >= 15 is 0 Å². The second-order valence-corrected chi connectivity index (χ2v) is 4.10. The standard InChI is InChI=1S/C11H17NO2S/c1-13-10-3-2-4-11(9-10)15-8-7-14-6-5-12/h2-4,9H,5-8,12H2,1H3. The van der Waals surface area contributed by atoms with Crippen molar-refractivity contribution in [3.8, 4) is 5.75 Å². The topological polar surface area (TPSA) is 44.5 Å². The van der Waals surface area contributed by atoms with Crippen molar-refractivity contribution < 1.29 is 9.47 Å². The summed E-state index contributed by atoms with van der Waals surface area (Å²) in [6.07, 6.45) is 0. The molecule has 0 aliphatic carbocycles. The molecule has 2 N–H and O–H groups in total. The van der Waals surface area contributed by atoms with Crippen LogP contribution in [0, 0.1) is 0 Å². The van der Waals surface area contributed by atoms with Crippen LogP contribution in [0.2, 0.25) is 0 Å². The van der Waals surface area contributed by atoms with Crippen molar-refractivity contribution in [2.75, 3.05) is 32.6 Å². The Bertz CT molecular complexity index is 281. The molecular weight excluding hydrogens is 210 g/mol. The normalized spacial score (nSPS) is 10.3. The first-order chi connectivity index (χ1) is 7.36. The highest BCUT2D eigenvalue weighted by Gasteiger charge is 1.96. The van der Waals surface area contributed by atoms with Crippen LogP contribution in [0.5, 0.6) is 5.75 Å². The lowest BCUT2D eigenvalue weighted by Crippen LogP contribution is -2.09. The van der Waals surface area contributed by atoms with Gasteiger partial charge in [-0.1, -0.05) is 6.07 Å². The van der Waals surface area contributed by atoms with Gasteiger partial charge in [-0.3, -0.25) is 0 Å². The van der Waals surface area contributed by atoms with E-state index in [-0.39, 0.29) is 0 Å². The fourth-order valence-electron chi connectivity index (χ4n) is 1.09. The van der Waals surface area contributed by atoms with E-state index in [1.54, 1.807) is 18.9 Å². The van der Waals surface area contributed by atoms with Crippen molar-refractivity contribution >= 4 is 11.8 Å². The molecule has 84 valence electrons. The molecule has 0 amide bonds. The molecule has 15 heavy (non-hydrogen) atoms. The third-order valence-corrected chi connectivity index (χ3v) is 2.76. The van der Waals surface area contributed by atoms with Gasteiger partial charge in [-0.15, -0.1) is 11.8 Å². The summed E-state index contributed by atoms with van der Waals surface area (Å²) in [6, 6.07) is 8.01. The lowest BCUT2D eigenvalue weighted by Gasteiger charge is -2.04. The molecule has 1 rings (SSSR count). The van der Waals surface area contributed by atoms with E-state index < -0.39 is 0 Å². The van der Waals surface area contributed by atoms with E-state index in [4.69, 9.17) is 15.2 Å². The molecule has 0 unspecified atom stereocenters. The van der Waals surface area contributed by atoms with E-state index in [1.807, 2.05) is 18.2 Å². The van der Waals surface area contributed by atoms with Gasteiger partial charge in [0.25, 0.3) is 0 Å². The first-order valence-electron chi connectivity index (χ1n) is 4.91. The summed E-state index contributed by atoms with van der Waals surface area (Å²) >= 11 is 1.75. The Morgan fingerprint density at radius 1 is 1.33 bits per heavy atom. The Morgan fingerprint density at radius 3 is 2.93 bits per heavy atom. The number of benzene rings is 1. The van der Waals surface area contributed by atoms with Gasteiger partial charge in [-0.05, 0) is 18.2 Å². The summed E-state index contributed by atoms with van der Waals surface area (Å²) in [5.41, 5.74) is 5.31. The number of ether oxygens (including phenoxy) is 2. The molecule has 0 heterocycles. The number of hydrogen-bond acceptors (Lipinski definition) is 4. The third-order valence-electron chi connectivity index (χ3n) is 1.80. The molecule has 1 aromatic rings.